The van der Waals surface area contributed by atoms with E-state index in [9.17, 15) is 9.18 Å². The zero-order chi connectivity index (χ0) is 19.8. The number of hydrogen-bond donors (Lipinski definition) is 1. The number of carbonyl (C=O) groups is 1. The molecule has 4 aromatic rings. The minimum absolute atomic E-state index is 0.117. The average Bonchev–Trinajstić information content (AvgIpc) is 3.25. The standard InChI is InChI=1S/C23H21FN4O/c24-17-6-1-2-7-18(17)26-23(29)16-11-14-27(15-12-16)22-21-10-5-13-28(21)20-9-4-3-8-19(20)25-22/h1-10,13,16H,11-12,14-15H2,(H,26,29). The Morgan fingerprint density at radius 1 is 0.966 bits per heavy atom. The predicted molar refractivity (Wildman–Crippen MR) is 113 cm³/mol. The van der Waals surface area contributed by atoms with E-state index >= 15 is 0 Å². The van der Waals surface area contributed by atoms with Crippen LogP contribution in [-0.2, 0) is 4.79 Å². The van der Waals surface area contributed by atoms with Gasteiger partial charge in [-0.3, -0.25) is 4.79 Å². The van der Waals surface area contributed by atoms with Gasteiger partial charge in [0.1, 0.15) is 5.82 Å². The number of para-hydroxylation sites is 3. The number of hydrogen-bond acceptors (Lipinski definition) is 3. The molecule has 29 heavy (non-hydrogen) atoms. The van der Waals surface area contributed by atoms with Gasteiger partial charge in [0.2, 0.25) is 5.91 Å². The third-order valence-corrected chi connectivity index (χ3v) is 5.64. The summed E-state index contributed by atoms with van der Waals surface area (Å²) in [6.07, 6.45) is 3.47. The van der Waals surface area contributed by atoms with Crippen LogP contribution in [0.1, 0.15) is 12.8 Å². The molecule has 0 aliphatic carbocycles. The lowest BCUT2D eigenvalue weighted by Gasteiger charge is -2.32. The molecule has 0 bridgehead atoms. The van der Waals surface area contributed by atoms with Crippen LogP contribution in [0.4, 0.5) is 15.9 Å². The fraction of sp³-hybridized carbons (Fsp3) is 0.217. The number of fused-ring (bicyclic) bond motifs is 3. The summed E-state index contributed by atoms with van der Waals surface area (Å²) < 4.78 is 16.0. The molecule has 5 rings (SSSR count). The summed E-state index contributed by atoms with van der Waals surface area (Å²) in [5.41, 5.74) is 3.34. The average molecular weight is 388 g/mol. The minimum Gasteiger partial charge on any atom is -0.355 e. The molecule has 0 atom stereocenters. The largest absolute Gasteiger partial charge is 0.355 e. The topological polar surface area (TPSA) is 49.6 Å². The van der Waals surface area contributed by atoms with Crippen LogP contribution in [0.2, 0.25) is 0 Å². The number of rotatable bonds is 3. The third-order valence-electron chi connectivity index (χ3n) is 5.64. The van der Waals surface area contributed by atoms with Crippen molar-refractivity contribution in [2.75, 3.05) is 23.3 Å². The lowest BCUT2D eigenvalue weighted by Crippen LogP contribution is -2.38. The van der Waals surface area contributed by atoms with Crippen molar-refractivity contribution in [2.24, 2.45) is 5.92 Å². The molecule has 2 aromatic heterocycles. The first kappa shape index (κ1) is 17.7. The molecule has 0 unspecified atom stereocenters. The number of nitrogens with zero attached hydrogens (tertiary/aromatic N) is 3. The summed E-state index contributed by atoms with van der Waals surface area (Å²) in [7, 11) is 0. The van der Waals surface area contributed by atoms with Crippen molar-refractivity contribution in [1.82, 2.24) is 9.38 Å². The van der Waals surface area contributed by atoms with Gasteiger partial charge in [-0.2, -0.15) is 0 Å². The van der Waals surface area contributed by atoms with E-state index in [0.717, 1.165) is 35.5 Å². The van der Waals surface area contributed by atoms with Crippen LogP contribution in [0.25, 0.3) is 16.6 Å². The molecule has 0 radical (unpaired) electrons. The zero-order valence-electron chi connectivity index (χ0n) is 15.9. The number of aromatic nitrogens is 2. The van der Waals surface area contributed by atoms with E-state index in [-0.39, 0.29) is 17.5 Å². The van der Waals surface area contributed by atoms with Crippen molar-refractivity contribution < 1.29 is 9.18 Å². The maximum Gasteiger partial charge on any atom is 0.227 e. The van der Waals surface area contributed by atoms with Crippen LogP contribution < -0.4 is 10.2 Å². The van der Waals surface area contributed by atoms with E-state index < -0.39 is 5.82 Å². The van der Waals surface area contributed by atoms with Crippen LogP contribution in [0.3, 0.4) is 0 Å². The van der Waals surface area contributed by atoms with Crippen LogP contribution in [-0.4, -0.2) is 28.4 Å². The molecule has 1 amide bonds. The van der Waals surface area contributed by atoms with Gasteiger partial charge in [-0.15, -0.1) is 0 Å². The number of carbonyl (C=O) groups excluding carboxylic acids is 1. The Labute approximate surface area is 167 Å². The molecule has 2 aromatic carbocycles. The highest BCUT2D eigenvalue weighted by Gasteiger charge is 2.27. The molecule has 0 saturated carbocycles. The molecule has 1 saturated heterocycles. The fourth-order valence-corrected chi connectivity index (χ4v) is 4.09. The predicted octanol–water partition coefficient (Wildman–Crippen LogP) is 4.48. The summed E-state index contributed by atoms with van der Waals surface area (Å²) in [4.78, 5) is 19.7. The Morgan fingerprint density at radius 3 is 2.52 bits per heavy atom. The number of nitrogens with one attached hydrogen (secondary N) is 1. The van der Waals surface area contributed by atoms with Crippen LogP contribution in [0.5, 0.6) is 0 Å². The Hall–Kier alpha value is -3.41. The molecule has 1 N–H and O–H groups in total. The summed E-state index contributed by atoms with van der Waals surface area (Å²) >= 11 is 0. The third kappa shape index (κ3) is 3.20. The second-order valence-electron chi connectivity index (χ2n) is 7.42. The van der Waals surface area contributed by atoms with E-state index in [0.29, 0.717) is 12.8 Å². The number of halogens is 1. The van der Waals surface area contributed by atoms with Crippen molar-refractivity contribution in [1.29, 1.82) is 0 Å². The van der Waals surface area contributed by atoms with Crippen molar-refractivity contribution in [3.63, 3.8) is 0 Å². The van der Waals surface area contributed by atoms with Crippen molar-refractivity contribution >= 4 is 34.0 Å². The first-order valence-corrected chi connectivity index (χ1v) is 9.87. The van der Waals surface area contributed by atoms with Gasteiger partial charge in [0, 0.05) is 25.2 Å². The number of anilines is 2. The molecule has 6 heteroatoms. The fourth-order valence-electron chi connectivity index (χ4n) is 4.09. The van der Waals surface area contributed by atoms with Gasteiger partial charge in [-0.25, -0.2) is 9.37 Å². The first-order chi connectivity index (χ1) is 14.2. The SMILES string of the molecule is O=C(Nc1ccccc1F)C1CCN(c2nc3ccccc3n3cccc23)CC1. The molecule has 1 aliphatic heterocycles. The first-order valence-electron chi connectivity index (χ1n) is 9.87. The lowest BCUT2D eigenvalue weighted by molar-refractivity contribution is -0.120. The van der Waals surface area contributed by atoms with Crippen LogP contribution in [0, 0.1) is 11.7 Å². The highest BCUT2D eigenvalue weighted by atomic mass is 19.1. The summed E-state index contributed by atoms with van der Waals surface area (Å²) in [5, 5.41) is 2.73. The molecule has 0 spiro atoms. The van der Waals surface area contributed by atoms with Gasteiger partial charge in [-0.1, -0.05) is 24.3 Å². The van der Waals surface area contributed by atoms with E-state index in [1.54, 1.807) is 18.2 Å². The smallest absolute Gasteiger partial charge is 0.227 e. The number of benzene rings is 2. The van der Waals surface area contributed by atoms with Crippen LogP contribution >= 0.6 is 0 Å². The monoisotopic (exact) mass is 388 g/mol. The van der Waals surface area contributed by atoms with E-state index in [2.05, 4.69) is 32.9 Å². The summed E-state index contributed by atoms with van der Waals surface area (Å²) in [6, 6.07) is 18.5. The second kappa shape index (κ2) is 7.20. The van der Waals surface area contributed by atoms with Gasteiger partial charge in [0.05, 0.1) is 22.2 Å². The molecule has 3 heterocycles. The zero-order valence-corrected chi connectivity index (χ0v) is 15.9. The highest BCUT2D eigenvalue weighted by molar-refractivity contribution is 5.93. The molecule has 1 aliphatic rings. The van der Waals surface area contributed by atoms with Gasteiger partial charge in [0.25, 0.3) is 0 Å². The maximum absolute atomic E-state index is 13.8. The van der Waals surface area contributed by atoms with Gasteiger partial charge >= 0.3 is 0 Å². The van der Waals surface area contributed by atoms with Crippen molar-refractivity contribution in [3.05, 3.63) is 72.7 Å². The summed E-state index contributed by atoms with van der Waals surface area (Å²) in [6.45, 7) is 1.48. The molecular weight excluding hydrogens is 367 g/mol. The van der Waals surface area contributed by atoms with Crippen molar-refractivity contribution in [2.45, 2.75) is 12.8 Å². The van der Waals surface area contributed by atoms with Crippen molar-refractivity contribution in [3.8, 4) is 0 Å². The number of amides is 1. The number of piperidine rings is 1. The van der Waals surface area contributed by atoms with E-state index in [1.807, 2.05) is 24.3 Å². The van der Waals surface area contributed by atoms with E-state index in [4.69, 9.17) is 4.98 Å². The molecular formula is C23H21FN4O. The molecule has 1 fully saturated rings. The Kier molecular flexibility index (Phi) is 4.39. The minimum atomic E-state index is -0.408. The second-order valence-corrected chi connectivity index (χ2v) is 7.42. The lowest BCUT2D eigenvalue weighted by atomic mass is 9.95. The molecule has 146 valence electrons. The van der Waals surface area contributed by atoms with Crippen LogP contribution in [0.15, 0.2) is 66.9 Å². The van der Waals surface area contributed by atoms with Gasteiger partial charge in [0.15, 0.2) is 5.82 Å². The molecule has 5 nitrogen and oxygen atoms in total. The Balaban J connectivity index is 1.35. The van der Waals surface area contributed by atoms with Gasteiger partial charge < -0.3 is 14.6 Å². The highest BCUT2D eigenvalue weighted by Crippen LogP contribution is 2.29. The van der Waals surface area contributed by atoms with Gasteiger partial charge in [-0.05, 0) is 49.2 Å². The van der Waals surface area contributed by atoms with E-state index in [1.165, 1.54) is 6.07 Å². The summed E-state index contributed by atoms with van der Waals surface area (Å²) in [5.74, 6) is 0.291. The maximum atomic E-state index is 13.8. The Bertz CT molecular complexity index is 1190. The quantitative estimate of drug-likeness (QED) is 0.563. The normalized spacial score (nSPS) is 15.1. The Morgan fingerprint density at radius 2 is 1.69 bits per heavy atom.